The number of hydrogen-bond acceptors (Lipinski definition) is 5. The predicted molar refractivity (Wildman–Crippen MR) is 49.1 cm³/mol. The second kappa shape index (κ2) is 4.44. The molecule has 0 saturated carbocycles. The van der Waals surface area contributed by atoms with Crippen molar-refractivity contribution in [2.45, 2.75) is 32.0 Å². The molecule has 0 bridgehead atoms. The fraction of sp³-hybridized carbons (Fsp3) is 0.667. The molecule has 0 aliphatic heterocycles. The van der Waals surface area contributed by atoms with E-state index in [0.29, 0.717) is 0 Å². The minimum absolute atomic E-state index is 0.0879. The van der Waals surface area contributed by atoms with Crippen LogP contribution in [0.1, 0.15) is 25.6 Å². The van der Waals surface area contributed by atoms with E-state index < -0.39 is 24.0 Å². The number of ketones is 1. The third kappa shape index (κ3) is 3.26. The summed E-state index contributed by atoms with van der Waals surface area (Å²) >= 11 is 0. The highest BCUT2D eigenvalue weighted by Gasteiger charge is 2.39. The van der Waals surface area contributed by atoms with Gasteiger partial charge in [0.1, 0.15) is 5.60 Å². The van der Waals surface area contributed by atoms with Crippen LogP contribution in [0.4, 0.5) is 13.2 Å². The van der Waals surface area contributed by atoms with Gasteiger partial charge < -0.3 is 9.26 Å². The second-order valence-electron chi connectivity index (χ2n) is 3.82. The molecule has 0 fully saturated rings. The van der Waals surface area contributed by atoms with Crippen LogP contribution in [-0.4, -0.2) is 29.2 Å². The first kappa shape index (κ1) is 13.6. The normalized spacial score (nSPS) is 12.8. The summed E-state index contributed by atoms with van der Waals surface area (Å²) in [5.74, 6) is -2.22. The average molecular weight is 252 g/mol. The predicted octanol–water partition coefficient (Wildman–Crippen LogP) is 1.62. The number of halogens is 3. The van der Waals surface area contributed by atoms with Crippen LogP contribution < -0.4 is 0 Å². The van der Waals surface area contributed by atoms with Crippen LogP contribution in [0.3, 0.4) is 0 Å². The highest BCUT2D eigenvalue weighted by molar-refractivity contribution is 5.85. The van der Waals surface area contributed by atoms with E-state index in [9.17, 15) is 18.0 Å². The minimum Gasteiger partial charge on any atom is -0.371 e. The largest absolute Gasteiger partial charge is 0.450 e. The van der Waals surface area contributed by atoms with E-state index in [0.717, 1.165) is 0 Å². The zero-order chi connectivity index (χ0) is 13.3. The van der Waals surface area contributed by atoms with Crippen molar-refractivity contribution in [1.82, 2.24) is 10.1 Å². The zero-order valence-corrected chi connectivity index (χ0v) is 9.46. The Morgan fingerprint density at radius 2 is 2.00 bits per heavy atom. The summed E-state index contributed by atoms with van der Waals surface area (Å²) in [5, 5.41) is 3.46. The number of carbonyl (C=O) groups is 1. The number of Topliss-reactive ketones (excluding diaryl/α,β-unsaturated/α-hetero) is 1. The van der Waals surface area contributed by atoms with Gasteiger partial charge >= 0.3 is 6.18 Å². The SMILES string of the molecule is COC(C)(C)c1noc(CC(=O)C(F)(F)F)n1. The molecule has 1 rings (SSSR count). The molecule has 1 heterocycles. The molecular formula is C9H11F3N2O3. The number of aromatic nitrogens is 2. The summed E-state index contributed by atoms with van der Waals surface area (Å²) in [6.45, 7) is 3.24. The van der Waals surface area contributed by atoms with Crippen molar-refractivity contribution < 1.29 is 27.2 Å². The van der Waals surface area contributed by atoms with E-state index in [1.54, 1.807) is 13.8 Å². The van der Waals surface area contributed by atoms with Gasteiger partial charge in [-0.2, -0.15) is 18.2 Å². The van der Waals surface area contributed by atoms with Crippen molar-refractivity contribution in [2.75, 3.05) is 7.11 Å². The first-order chi connectivity index (χ1) is 7.66. The topological polar surface area (TPSA) is 65.2 Å². The van der Waals surface area contributed by atoms with Gasteiger partial charge in [-0.05, 0) is 13.8 Å². The number of alkyl halides is 3. The molecule has 96 valence electrons. The Labute approximate surface area is 94.9 Å². The monoisotopic (exact) mass is 252 g/mol. The van der Waals surface area contributed by atoms with Crippen molar-refractivity contribution in [3.8, 4) is 0 Å². The van der Waals surface area contributed by atoms with Crippen molar-refractivity contribution in [3.63, 3.8) is 0 Å². The molecular weight excluding hydrogens is 241 g/mol. The maximum absolute atomic E-state index is 12.0. The highest BCUT2D eigenvalue weighted by atomic mass is 19.4. The summed E-state index contributed by atoms with van der Waals surface area (Å²) in [7, 11) is 1.40. The van der Waals surface area contributed by atoms with E-state index in [1.807, 2.05) is 0 Å². The van der Waals surface area contributed by atoms with Crippen molar-refractivity contribution >= 4 is 5.78 Å². The van der Waals surface area contributed by atoms with Gasteiger partial charge in [0, 0.05) is 7.11 Å². The van der Waals surface area contributed by atoms with E-state index in [-0.39, 0.29) is 11.7 Å². The van der Waals surface area contributed by atoms with E-state index in [1.165, 1.54) is 7.11 Å². The molecule has 1 aromatic rings. The molecule has 0 saturated heterocycles. The minimum atomic E-state index is -4.90. The van der Waals surface area contributed by atoms with Crippen LogP contribution in [0.2, 0.25) is 0 Å². The number of hydrogen-bond donors (Lipinski definition) is 0. The summed E-state index contributed by atoms with van der Waals surface area (Å²) in [5.41, 5.74) is -0.886. The van der Waals surface area contributed by atoms with E-state index >= 15 is 0 Å². The van der Waals surface area contributed by atoms with Crippen molar-refractivity contribution in [3.05, 3.63) is 11.7 Å². The van der Waals surface area contributed by atoms with Gasteiger partial charge in [0.05, 0.1) is 6.42 Å². The van der Waals surface area contributed by atoms with Gasteiger partial charge in [-0.1, -0.05) is 5.16 Å². The lowest BCUT2D eigenvalue weighted by atomic mass is 10.1. The maximum Gasteiger partial charge on any atom is 0.450 e. The first-order valence-electron chi connectivity index (χ1n) is 4.65. The molecule has 0 spiro atoms. The molecule has 0 unspecified atom stereocenters. The zero-order valence-electron chi connectivity index (χ0n) is 9.46. The average Bonchev–Trinajstić information content (AvgIpc) is 2.65. The number of methoxy groups -OCH3 is 1. The van der Waals surface area contributed by atoms with Gasteiger partial charge in [-0.3, -0.25) is 4.79 Å². The van der Waals surface area contributed by atoms with Crippen molar-refractivity contribution in [2.24, 2.45) is 0 Å². The lowest BCUT2D eigenvalue weighted by Gasteiger charge is -2.17. The summed E-state index contributed by atoms with van der Waals surface area (Å²) < 4.78 is 45.5. The summed E-state index contributed by atoms with van der Waals surface area (Å²) in [4.78, 5) is 14.4. The number of nitrogens with zero attached hydrogens (tertiary/aromatic N) is 2. The molecule has 5 nitrogen and oxygen atoms in total. The van der Waals surface area contributed by atoms with E-state index in [4.69, 9.17) is 4.74 Å². The molecule has 0 aliphatic rings. The van der Waals surface area contributed by atoms with Gasteiger partial charge in [-0.25, -0.2) is 0 Å². The Bertz CT molecular complexity index is 412. The van der Waals surface area contributed by atoms with Crippen LogP contribution in [0.25, 0.3) is 0 Å². The fourth-order valence-electron chi connectivity index (χ4n) is 0.900. The lowest BCUT2D eigenvalue weighted by molar-refractivity contribution is -0.170. The van der Waals surface area contributed by atoms with Crippen LogP contribution in [0.5, 0.6) is 0 Å². The summed E-state index contributed by atoms with van der Waals surface area (Å²) in [6.07, 6.45) is -5.86. The second-order valence-corrected chi connectivity index (χ2v) is 3.82. The van der Waals surface area contributed by atoms with E-state index in [2.05, 4.69) is 14.7 Å². The molecule has 8 heteroatoms. The Morgan fingerprint density at radius 1 is 1.41 bits per heavy atom. The third-order valence-electron chi connectivity index (χ3n) is 2.14. The fourth-order valence-corrected chi connectivity index (χ4v) is 0.900. The maximum atomic E-state index is 12.0. The lowest BCUT2D eigenvalue weighted by Crippen LogP contribution is -2.25. The van der Waals surface area contributed by atoms with Crippen LogP contribution in [0.15, 0.2) is 4.52 Å². The third-order valence-corrected chi connectivity index (χ3v) is 2.14. The van der Waals surface area contributed by atoms with Gasteiger partial charge in [0.25, 0.3) is 0 Å². The van der Waals surface area contributed by atoms with Crippen LogP contribution >= 0.6 is 0 Å². The Balaban J connectivity index is 2.80. The molecule has 1 aromatic heterocycles. The molecule has 0 atom stereocenters. The Hall–Kier alpha value is -1.44. The van der Waals surface area contributed by atoms with Crippen LogP contribution in [-0.2, 0) is 21.6 Å². The standard InChI is InChI=1S/C9H11F3N2O3/c1-8(2,16-3)7-13-6(17-14-7)4-5(15)9(10,11)12/h4H2,1-3H3. The van der Waals surface area contributed by atoms with Gasteiger partial charge in [-0.15, -0.1) is 0 Å². The first-order valence-corrected chi connectivity index (χ1v) is 4.65. The molecule has 0 aromatic carbocycles. The number of ether oxygens (including phenoxy) is 1. The number of carbonyl (C=O) groups excluding carboxylic acids is 1. The molecule has 0 radical (unpaired) electrons. The van der Waals surface area contributed by atoms with Gasteiger partial charge in [0.2, 0.25) is 17.5 Å². The van der Waals surface area contributed by atoms with Crippen LogP contribution in [0, 0.1) is 0 Å². The molecule has 0 N–H and O–H groups in total. The molecule has 17 heavy (non-hydrogen) atoms. The quantitative estimate of drug-likeness (QED) is 0.814. The highest BCUT2D eigenvalue weighted by Crippen LogP contribution is 2.22. The summed E-state index contributed by atoms with van der Waals surface area (Å²) in [6, 6.07) is 0. The Morgan fingerprint density at radius 3 is 2.47 bits per heavy atom. The number of rotatable bonds is 4. The van der Waals surface area contributed by atoms with Gasteiger partial charge in [0.15, 0.2) is 0 Å². The molecule has 0 amide bonds. The smallest absolute Gasteiger partial charge is 0.371 e. The van der Waals surface area contributed by atoms with Crippen molar-refractivity contribution in [1.29, 1.82) is 0 Å². The molecule has 0 aliphatic carbocycles. The Kier molecular flexibility index (Phi) is 3.56.